The van der Waals surface area contributed by atoms with E-state index in [2.05, 4.69) is 18.7 Å². The zero-order valence-electron chi connectivity index (χ0n) is 12.2. The molecule has 2 unspecified atom stereocenters. The second kappa shape index (κ2) is 6.11. The van der Waals surface area contributed by atoms with Crippen molar-refractivity contribution in [2.24, 2.45) is 0 Å². The van der Waals surface area contributed by atoms with E-state index in [-0.39, 0.29) is 16.3 Å². The minimum atomic E-state index is -3.40. The van der Waals surface area contributed by atoms with Crippen LogP contribution in [0.2, 0.25) is 0 Å². The van der Waals surface area contributed by atoms with Gasteiger partial charge in [-0.05, 0) is 38.8 Å². The Morgan fingerprint density at radius 1 is 1.19 bits per heavy atom. The van der Waals surface area contributed by atoms with Crippen LogP contribution < -0.4 is 0 Å². The van der Waals surface area contributed by atoms with Gasteiger partial charge in [0.15, 0.2) is 9.84 Å². The fraction of sp³-hybridized carbons (Fsp3) is 0.571. The molecular weight excluding hydrogens is 292 g/mol. The van der Waals surface area contributed by atoms with Crippen LogP contribution in [-0.2, 0) is 9.84 Å². The van der Waals surface area contributed by atoms with Crippen LogP contribution in [0.5, 0.6) is 0 Å². The fourth-order valence-corrected chi connectivity index (χ4v) is 4.05. The number of non-ortho nitro benzene ring substituents is 1. The first-order chi connectivity index (χ1) is 9.81. The molecule has 0 radical (unpaired) electrons. The second-order valence-corrected chi connectivity index (χ2v) is 7.69. The Labute approximate surface area is 124 Å². The summed E-state index contributed by atoms with van der Waals surface area (Å²) in [5.74, 6) is 0.0412. The molecule has 1 aliphatic heterocycles. The number of sulfone groups is 1. The molecule has 1 heterocycles. The van der Waals surface area contributed by atoms with E-state index in [1.807, 2.05) is 0 Å². The molecule has 21 heavy (non-hydrogen) atoms. The van der Waals surface area contributed by atoms with Crippen molar-refractivity contribution < 1.29 is 13.3 Å². The van der Waals surface area contributed by atoms with Gasteiger partial charge in [0.1, 0.15) is 0 Å². The van der Waals surface area contributed by atoms with Crippen LogP contribution in [0.4, 0.5) is 5.69 Å². The lowest BCUT2D eigenvalue weighted by molar-refractivity contribution is -0.384. The quantitative estimate of drug-likeness (QED) is 0.615. The summed E-state index contributed by atoms with van der Waals surface area (Å²) in [7, 11) is -3.40. The molecule has 0 bridgehead atoms. The minimum Gasteiger partial charge on any atom is -0.297 e. The molecule has 1 aromatic carbocycles. The number of nitro groups is 1. The van der Waals surface area contributed by atoms with E-state index in [9.17, 15) is 18.5 Å². The van der Waals surface area contributed by atoms with Crippen LogP contribution in [0.1, 0.15) is 26.7 Å². The zero-order valence-corrected chi connectivity index (χ0v) is 13.0. The summed E-state index contributed by atoms with van der Waals surface area (Å²) in [4.78, 5) is 12.4. The predicted molar refractivity (Wildman–Crippen MR) is 80.0 cm³/mol. The highest BCUT2D eigenvalue weighted by molar-refractivity contribution is 7.91. The summed E-state index contributed by atoms with van der Waals surface area (Å²) in [6.07, 6.45) is 2.19. The largest absolute Gasteiger partial charge is 0.297 e. The molecule has 116 valence electrons. The summed E-state index contributed by atoms with van der Waals surface area (Å²) < 4.78 is 24.6. The fourth-order valence-electron chi connectivity index (χ4n) is 2.81. The molecule has 6 nitrogen and oxygen atoms in total. The van der Waals surface area contributed by atoms with E-state index in [1.165, 1.54) is 24.3 Å². The number of benzene rings is 1. The van der Waals surface area contributed by atoms with E-state index >= 15 is 0 Å². The van der Waals surface area contributed by atoms with Crippen LogP contribution in [0.15, 0.2) is 29.2 Å². The first-order valence-electron chi connectivity index (χ1n) is 7.04. The molecule has 1 saturated heterocycles. The second-order valence-electron chi connectivity index (χ2n) is 5.58. The Balaban J connectivity index is 2.06. The highest BCUT2D eigenvalue weighted by atomic mass is 32.2. The van der Waals surface area contributed by atoms with Crippen molar-refractivity contribution in [2.75, 3.05) is 12.3 Å². The van der Waals surface area contributed by atoms with Gasteiger partial charge in [-0.3, -0.25) is 15.0 Å². The Bertz CT molecular complexity index is 602. The normalized spacial score (nSPS) is 23.3. The Kier molecular flexibility index (Phi) is 4.63. The van der Waals surface area contributed by atoms with Crippen molar-refractivity contribution in [1.82, 2.24) is 4.90 Å². The van der Waals surface area contributed by atoms with Gasteiger partial charge in [0.05, 0.1) is 15.6 Å². The summed E-state index contributed by atoms with van der Waals surface area (Å²) in [5, 5.41) is 10.6. The molecule has 1 aliphatic rings. The van der Waals surface area contributed by atoms with Crippen molar-refractivity contribution in [3.63, 3.8) is 0 Å². The molecule has 0 N–H and O–H groups in total. The van der Waals surface area contributed by atoms with Gasteiger partial charge in [0.2, 0.25) is 0 Å². The van der Waals surface area contributed by atoms with Gasteiger partial charge < -0.3 is 0 Å². The monoisotopic (exact) mass is 312 g/mol. The van der Waals surface area contributed by atoms with Gasteiger partial charge in [0, 0.05) is 30.8 Å². The van der Waals surface area contributed by atoms with Gasteiger partial charge >= 0.3 is 0 Å². The number of nitro benzene ring substituents is 1. The summed E-state index contributed by atoms with van der Waals surface area (Å²) in [6.45, 7) is 4.73. The molecule has 0 saturated carbocycles. The van der Waals surface area contributed by atoms with Gasteiger partial charge in [-0.15, -0.1) is 0 Å². The third-order valence-corrected chi connectivity index (χ3v) is 5.87. The van der Waals surface area contributed by atoms with Crippen LogP contribution >= 0.6 is 0 Å². The van der Waals surface area contributed by atoms with Crippen LogP contribution in [-0.4, -0.2) is 42.6 Å². The Morgan fingerprint density at radius 2 is 1.71 bits per heavy atom. The molecule has 2 rings (SSSR count). The summed E-state index contributed by atoms with van der Waals surface area (Å²) >= 11 is 0. The summed E-state index contributed by atoms with van der Waals surface area (Å²) in [6, 6.07) is 5.90. The Hall–Kier alpha value is -1.47. The van der Waals surface area contributed by atoms with E-state index in [4.69, 9.17) is 0 Å². The van der Waals surface area contributed by atoms with Crippen molar-refractivity contribution in [3.8, 4) is 0 Å². The number of rotatable bonds is 5. The Morgan fingerprint density at radius 3 is 2.19 bits per heavy atom. The van der Waals surface area contributed by atoms with E-state index in [0.29, 0.717) is 18.6 Å². The topological polar surface area (TPSA) is 80.5 Å². The average Bonchev–Trinajstić information content (AvgIpc) is 2.76. The van der Waals surface area contributed by atoms with Gasteiger partial charge in [-0.2, -0.15) is 0 Å². The highest BCUT2D eigenvalue weighted by Crippen LogP contribution is 2.24. The molecule has 0 amide bonds. The molecule has 0 aliphatic carbocycles. The van der Waals surface area contributed by atoms with Crippen molar-refractivity contribution in [2.45, 2.75) is 43.7 Å². The number of likely N-dealkylation sites (tertiary alicyclic amines) is 1. The first kappa shape index (κ1) is 15.9. The van der Waals surface area contributed by atoms with E-state index in [0.717, 1.165) is 12.8 Å². The smallest absolute Gasteiger partial charge is 0.269 e. The standard InChI is InChI=1S/C14H20N2O4S/c1-11-3-4-12(2)15(11)9-10-21(19,20)14-7-5-13(6-8-14)16(17)18/h5-8,11-12H,3-4,9-10H2,1-2H3. The summed E-state index contributed by atoms with van der Waals surface area (Å²) in [5.41, 5.74) is -0.101. The predicted octanol–water partition coefficient (Wildman–Crippen LogP) is 2.24. The van der Waals surface area contributed by atoms with Crippen molar-refractivity contribution in [1.29, 1.82) is 0 Å². The van der Waals surface area contributed by atoms with Gasteiger partial charge in [0.25, 0.3) is 5.69 Å². The molecule has 1 fully saturated rings. The van der Waals surface area contributed by atoms with Crippen molar-refractivity contribution >= 4 is 15.5 Å². The lowest BCUT2D eigenvalue weighted by Crippen LogP contribution is -2.36. The van der Waals surface area contributed by atoms with Crippen LogP contribution in [0, 0.1) is 10.1 Å². The number of nitrogens with zero attached hydrogens (tertiary/aromatic N) is 2. The number of hydrogen-bond acceptors (Lipinski definition) is 5. The number of hydrogen-bond donors (Lipinski definition) is 0. The third-order valence-electron chi connectivity index (χ3n) is 4.16. The highest BCUT2D eigenvalue weighted by Gasteiger charge is 2.28. The van der Waals surface area contributed by atoms with Crippen LogP contribution in [0.3, 0.4) is 0 Å². The average molecular weight is 312 g/mol. The van der Waals surface area contributed by atoms with Crippen molar-refractivity contribution in [3.05, 3.63) is 34.4 Å². The maximum Gasteiger partial charge on any atom is 0.269 e. The van der Waals surface area contributed by atoms with Crippen LogP contribution in [0.25, 0.3) is 0 Å². The maximum absolute atomic E-state index is 12.3. The molecule has 1 aromatic rings. The first-order valence-corrected chi connectivity index (χ1v) is 8.69. The molecule has 0 spiro atoms. The zero-order chi connectivity index (χ0) is 15.6. The SMILES string of the molecule is CC1CCC(C)N1CCS(=O)(=O)c1ccc([N+](=O)[O-])cc1. The lowest BCUT2D eigenvalue weighted by Gasteiger charge is -2.25. The van der Waals surface area contributed by atoms with E-state index < -0.39 is 14.8 Å². The molecule has 0 aromatic heterocycles. The lowest BCUT2D eigenvalue weighted by atomic mass is 10.2. The third kappa shape index (κ3) is 3.59. The van der Waals surface area contributed by atoms with Gasteiger partial charge in [-0.1, -0.05) is 0 Å². The maximum atomic E-state index is 12.3. The molecule has 2 atom stereocenters. The van der Waals surface area contributed by atoms with E-state index in [1.54, 1.807) is 0 Å². The molecule has 7 heteroatoms. The minimum absolute atomic E-state index is 0.0412. The molecular formula is C14H20N2O4S. The van der Waals surface area contributed by atoms with Gasteiger partial charge in [-0.25, -0.2) is 8.42 Å².